The van der Waals surface area contributed by atoms with Gasteiger partial charge in [0.05, 0.1) is 11.3 Å². The predicted octanol–water partition coefficient (Wildman–Crippen LogP) is 5.12. The monoisotopic (exact) mass is 384 g/mol. The molecule has 4 rings (SSSR count). The molecule has 6 heteroatoms. The molecule has 0 saturated heterocycles. The van der Waals surface area contributed by atoms with E-state index in [9.17, 15) is 10.1 Å². The Hall–Kier alpha value is -3.93. The van der Waals surface area contributed by atoms with Crippen LogP contribution in [0.3, 0.4) is 0 Å². The Kier molecular flexibility index (Phi) is 5.33. The average molecular weight is 384 g/mol. The highest BCUT2D eigenvalue weighted by Gasteiger charge is 2.07. The number of anilines is 1. The van der Waals surface area contributed by atoms with Crippen molar-refractivity contribution >= 4 is 11.4 Å². The van der Waals surface area contributed by atoms with Crippen molar-refractivity contribution < 1.29 is 4.92 Å². The Morgan fingerprint density at radius 2 is 1.72 bits per heavy atom. The largest absolute Gasteiger partial charge is 0.381 e. The zero-order valence-corrected chi connectivity index (χ0v) is 15.7. The molecule has 1 aromatic heterocycles. The molecule has 0 unspecified atom stereocenters. The van der Waals surface area contributed by atoms with E-state index in [0.717, 1.165) is 28.9 Å². The van der Waals surface area contributed by atoms with Crippen LogP contribution < -0.4 is 5.32 Å². The molecule has 3 aromatic carbocycles. The molecule has 0 radical (unpaired) electrons. The lowest BCUT2D eigenvalue weighted by Crippen LogP contribution is -2.01. The van der Waals surface area contributed by atoms with Crippen molar-refractivity contribution in [1.82, 2.24) is 9.55 Å². The van der Waals surface area contributed by atoms with Crippen molar-refractivity contribution in [2.75, 3.05) is 5.32 Å². The summed E-state index contributed by atoms with van der Waals surface area (Å²) in [5, 5.41) is 14.1. The second-order valence-corrected chi connectivity index (χ2v) is 6.75. The van der Waals surface area contributed by atoms with E-state index < -0.39 is 4.92 Å². The van der Waals surface area contributed by atoms with Crippen LogP contribution in [0.2, 0.25) is 0 Å². The van der Waals surface area contributed by atoms with Crippen molar-refractivity contribution in [3.63, 3.8) is 0 Å². The van der Waals surface area contributed by atoms with Gasteiger partial charge < -0.3 is 9.88 Å². The Balaban J connectivity index is 1.48. The highest BCUT2D eigenvalue weighted by Crippen LogP contribution is 2.25. The van der Waals surface area contributed by atoms with E-state index in [1.807, 2.05) is 29.2 Å². The van der Waals surface area contributed by atoms with Gasteiger partial charge in [-0.25, -0.2) is 4.98 Å². The summed E-state index contributed by atoms with van der Waals surface area (Å²) in [6, 6.07) is 23.3. The first-order valence-corrected chi connectivity index (χ1v) is 9.30. The van der Waals surface area contributed by atoms with E-state index in [1.165, 1.54) is 17.7 Å². The van der Waals surface area contributed by atoms with E-state index in [4.69, 9.17) is 0 Å². The van der Waals surface area contributed by atoms with Gasteiger partial charge in [0.1, 0.15) is 0 Å². The first kappa shape index (κ1) is 18.4. The molecule has 1 heterocycles. The third-order valence-electron chi connectivity index (χ3n) is 4.77. The minimum absolute atomic E-state index is 0.0896. The second-order valence-electron chi connectivity index (χ2n) is 6.75. The molecule has 0 saturated carbocycles. The van der Waals surface area contributed by atoms with Crippen molar-refractivity contribution in [2.45, 2.75) is 13.1 Å². The summed E-state index contributed by atoms with van der Waals surface area (Å²) in [5.41, 5.74) is 5.63. The van der Waals surface area contributed by atoms with Gasteiger partial charge in [-0.05, 0) is 34.4 Å². The fourth-order valence-electron chi connectivity index (χ4n) is 3.24. The summed E-state index contributed by atoms with van der Waals surface area (Å²) in [5.74, 6) is 0. The number of hydrogen-bond acceptors (Lipinski definition) is 4. The van der Waals surface area contributed by atoms with Crippen molar-refractivity contribution in [3.8, 4) is 11.1 Å². The molecule has 0 aliphatic rings. The number of nitro benzene ring substituents is 1. The fraction of sp³-hybridized carbons (Fsp3) is 0.0870. The first-order valence-electron chi connectivity index (χ1n) is 9.30. The number of rotatable bonds is 7. The van der Waals surface area contributed by atoms with Gasteiger partial charge in [0.25, 0.3) is 5.69 Å². The van der Waals surface area contributed by atoms with E-state index in [1.54, 1.807) is 18.3 Å². The summed E-state index contributed by atoms with van der Waals surface area (Å²) in [6.45, 7) is 1.42. The molecule has 6 nitrogen and oxygen atoms in total. The van der Waals surface area contributed by atoms with Gasteiger partial charge in [-0.2, -0.15) is 0 Å². The van der Waals surface area contributed by atoms with Gasteiger partial charge in [0, 0.05) is 43.3 Å². The van der Waals surface area contributed by atoms with Crippen molar-refractivity contribution in [1.29, 1.82) is 0 Å². The van der Waals surface area contributed by atoms with E-state index in [2.05, 4.69) is 46.7 Å². The summed E-state index contributed by atoms with van der Waals surface area (Å²) in [7, 11) is 0. The zero-order chi connectivity index (χ0) is 20.1. The number of nitrogens with zero attached hydrogens (tertiary/aromatic N) is 3. The van der Waals surface area contributed by atoms with Crippen LogP contribution in [0, 0.1) is 10.1 Å². The Labute approximate surface area is 168 Å². The molecule has 0 aliphatic carbocycles. The number of non-ortho nitro benzene ring substituents is 1. The molecule has 0 atom stereocenters. The van der Waals surface area contributed by atoms with Gasteiger partial charge in [-0.15, -0.1) is 0 Å². The lowest BCUT2D eigenvalue weighted by atomic mass is 9.98. The molecule has 0 amide bonds. The van der Waals surface area contributed by atoms with Gasteiger partial charge in [0.15, 0.2) is 0 Å². The molecule has 29 heavy (non-hydrogen) atoms. The minimum Gasteiger partial charge on any atom is -0.381 e. The SMILES string of the molecule is O=[N+]([O-])c1ccc(NCc2ccccc2-c2ccc(Cn3ccnc3)cc2)cc1. The fourth-order valence-corrected chi connectivity index (χ4v) is 3.24. The summed E-state index contributed by atoms with van der Waals surface area (Å²) in [4.78, 5) is 14.5. The topological polar surface area (TPSA) is 73.0 Å². The van der Waals surface area contributed by atoms with Crippen molar-refractivity contribution in [2.24, 2.45) is 0 Å². The predicted molar refractivity (Wildman–Crippen MR) is 114 cm³/mol. The van der Waals surface area contributed by atoms with Crippen LogP contribution in [-0.2, 0) is 13.1 Å². The molecule has 1 N–H and O–H groups in total. The van der Waals surface area contributed by atoms with Crippen molar-refractivity contribution in [3.05, 3.63) is 113 Å². The maximum absolute atomic E-state index is 10.8. The smallest absolute Gasteiger partial charge is 0.269 e. The molecule has 144 valence electrons. The van der Waals surface area contributed by atoms with Crippen LogP contribution in [0.1, 0.15) is 11.1 Å². The average Bonchev–Trinajstić information content (AvgIpc) is 3.26. The Morgan fingerprint density at radius 1 is 0.966 bits per heavy atom. The zero-order valence-electron chi connectivity index (χ0n) is 15.7. The second kappa shape index (κ2) is 8.39. The van der Waals surface area contributed by atoms with Gasteiger partial charge in [-0.1, -0.05) is 48.5 Å². The highest BCUT2D eigenvalue weighted by atomic mass is 16.6. The third-order valence-corrected chi connectivity index (χ3v) is 4.77. The third kappa shape index (κ3) is 4.50. The maximum Gasteiger partial charge on any atom is 0.269 e. The molecular weight excluding hydrogens is 364 g/mol. The number of nitro groups is 1. The normalized spacial score (nSPS) is 10.6. The first-order chi connectivity index (χ1) is 14.2. The lowest BCUT2D eigenvalue weighted by Gasteiger charge is -2.12. The van der Waals surface area contributed by atoms with Crippen LogP contribution in [-0.4, -0.2) is 14.5 Å². The quantitative estimate of drug-likeness (QED) is 0.355. The molecule has 4 aromatic rings. The molecule has 0 aliphatic heterocycles. The lowest BCUT2D eigenvalue weighted by molar-refractivity contribution is -0.384. The molecule has 0 fully saturated rings. The maximum atomic E-state index is 10.8. The minimum atomic E-state index is -0.393. The molecule has 0 bridgehead atoms. The Morgan fingerprint density at radius 3 is 2.41 bits per heavy atom. The molecule has 0 spiro atoms. The number of nitrogens with one attached hydrogen (secondary N) is 1. The van der Waals surface area contributed by atoms with Crippen LogP contribution in [0.25, 0.3) is 11.1 Å². The van der Waals surface area contributed by atoms with Crippen LogP contribution in [0.15, 0.2) is 91.5 Å². The van der Waals surface area contributed by atoms with Gasteiger partial charge >= 0.3 is 0 Å². The number of hydrogen-bond donors (Lipinski definition) is 1. The van der Waals surface area contributed by atoms with E-state index >= 15 is 0 Å². The standard InChI is InChI=1S/C23H20N4O2/c28-27(29)22-11-9-21(10-12-22)25-15-20-3-1-2-4-23(20)19-7-5-18(6-8-19)16-26-14-13-24-17-26/h1-14,17,25H,15-16H2. The number of aromatic nitrogens is 2. The summed E-state index contributed by atoms with van der Waals surface area (Å²) < 4.78 is 2.04. The van der Waals surface area contributed by atoms with Gasteiger partial charge in [0.2, 0.25) is 0 Å². The highest BCUT2D eigenvalue weighted by molar-refractivity contribution is 5.68. The van der Waals surface area contributed by atoms with E-state index in [0.29, 0.717) is 6.54 Å². The van der Waals surface area contributed by atoms with Crippen LogP contribution in [0.5, 0.6) is 0 Å². The summed E-state index contributed by atoms with van der Waals surface area (Å²) in [6.07, 6.45) is 5.54. The van der Waals surface area contributed by atoms with Crippen LogP contribution >= 0.6 is 0 Å². The van der Waals surface area contributed by atoms with Crippen LogP contribution in [0.4, 0.5) is 11.4 Å². The Bertz CT molecular complexity index is 1090. The number of imidazole rings is 1. The molecular formula is C23H20N4O2. The number of benzene rings is 3. The van der Waals surface area contributed by atoms with E-state index in [-0.39, 0.29) is 5.69 Å². The summed E-state index contributed by atoms with van der Waals surface area (Å²) >= 11 is 0. The van der Waals surface area contributed by atoms with Gasteiger partial charge in [-0.3, -0.25) is 10.1 Å².